The summed E-state index contributed by atoms with van der Waals surface area (Å²) in [6.07, 6.45) is 0.335. The number of halogens is 1. The lowest BCUT2D eigenvalue weighted by molar-refractivity contribution is 0.0244. The third-order valence-electron chi connectivity index (χ3n) is 3.06. The van der Waals surface area contributed by atoms with E-state index in [9.17, 15) is 9.90 Å². The van der Waals surface area contributed by atoms with E-state index in [1.54, 1.807) is 11.0 Å². The van der Waals surface area contributed by atoms with Crippen LogP contribution in [0.15, 0.2) is 12.1 Å². The fourth-order valence-corrected chi connectivity index (χ4v) is 1.93. The molecule has 1 fully saturated rings. The Morgan fingerprint density at radius 3 is 2.88 bits per heavy atom. The molecule has 2 heterocycles. The van der Waals surface area contributed by atoms with Crippen LogP contribution in [0, 0.1) is 5.92 Å². The van der Waals surface area contributed by atoms with Gasteiger partial charge in [-0.25, -0.2) is 0 Å². The van der Waals surface area contributed by atoms with E-state index in [1.807, 2.05) is 6.92 Å². The molecule has 2 atom stereocenters. The predicted molar refractivity (Wildman–Crippen MR) is 62.7 cm³/mol. The van der Waals surface area contributed by atoms with Gasteiger partial charge >= 0.3 is 0 Å². The van der Waals surface area contributed by atoms with E-state index >= 15 is 0 Å². The van der Waals surface area contributed by atoms with Crippen molar-refractivity contribution in [1.29, 1.82) is 0 Å². The third-order valence-corrected chi connectivity index (χ3v) is 3.26. The Morgan fingerprint density at radius 2 is 2.29 bits per heavy atom. The van der Waals surface area contributed by atoms with Crippen molar-refractivity contribution < 1.29 is 9.90 Å². The molecule has 1 aliphatic rings. The van der Waals surface area contributed by atoms with Gasteiger partial charge in [-0.2, -0.15) is 0 Å². The number of aromatic nitrogens is 2. The molecule has 0 saturated carbocycles. The molecule has 17 heavy (non-hydrogen) atoms. The number of aliphatic hydroxyl groups is 1. The van der Waals surface area contributed by atoms with Crippen molar-refractivity contribution in [1.82, 2.24) is 15.1 Å². The average Bonchev–Trinajstić information content (AvgIpc) is 2.33. The molecule has 5 nitrogen and oxygen atoms in total. The fraction of sp³-hybridized carbons (Fsp3) is 0.545. The van der Waals surface area contributed by atoms with Crippen LogP contribution in [0.25, 0.3) is 0 Å². The van der Waals surface area contributed by atoms with Crippen LogP contribution in [0.1, 0.15) is 23.8 Å². The van der Waals surface area contributed by atoms with Crippen LogP contribution in [0.2, 0.25) is 5.15 Å². The summed E-state index contributed by atoms with van der Waals surface area (Å²) in [6, 6.07) is 3.08. The first-order chi connectivity index (χ1) is 8.08. The Morgan fingerprint density at radius 1 is 1.53 bits per heavy atom. The second-order valence-electron chi connectivity index (χ2n) is 4.33. The molecule has 1 saturated heterocycles. The highest BCUT2D eigenvalue weighted by molar-refractivity contribution is 6.29. The maximum absolute atomic E-state index is 12.0. The summed E-state index contributed by atoms with van der Waals surface area (Å²) in [5.74, 6) is 0.0236. The van der Waals surface area contributed by atoms with Gasteiger partial charge in [0, 0.05) is 13.1 Å². The maximum Gasteiger partial charge on any atom is 0.274 e. The first-order valence-corrected chi connectivity index (χ1v) is 5.92. The minimum atomic E-state index is -0.465. The first kappa shape index (κ1) is 12.3. The van der Waals surface area contributed by atoms with Crippen LogP contribution in [0.5, 0.6) is 0 Å². The molecule has 0 spiro atoms. The van der Waals surface area contributed by atoms with Crippen molar-refractivity contribution in [3.05, 3.63) is 23.0 Å². The van der Waals surface area contributed by atoms with E-state index in [1.165, 1.54) is 6.07 Å². The van der Waals surface area contributed by atoms with Gasteiger partial charge in [-0.15, -0.1) is 10.2 Å². The second-order valence-corrected chi connectivity index (χ2v) is 4.71. The highest BCUT2D eigenvalue weighted by atomic mass is 35.5. The summed E-state index contributed by atoms with van der Waals surface area (Å²) in [5, 5.41) is 17.4. The molecule has 2 unspecified atom stereocenters. The summed E-state index contributed by atoms with van der Waals surface area (Å²) in [5.41, 5.74) is 0.260. The largest absolute Gasteiger partial charge is 0.391 e. The molecule has 0 aliphatic carbocycles. The van der Waals surface area contributed by atoms with Crippen LogP contribution in [-0.2, 0) is 0 Å². The van der Waals surface area contributed by atoms with Crippen LogP contribution in [0.3, 0.4) is 0 Å². The maximum atomic E-state index is 12.0. The third kappa shape index (κ3) is 2.73. The first-order valence-electron chi connectivity index (χ1n) is 5.54. The Hall–Kier alpha value is -1.20. The minimum absolute atomic E-state index is 0.208. The van der Waals surface area contributed by atoms with Gasteiger partial charge in [0.15, 0.2) is 10.8 Å². The van der Waals surface area contributed by atoms with Gasteiger partial charge in [-0.05, 0) is 24.5 Å². The van der Waals surface area contributed by atoms with E-state index < -0.39 is 6.10 Å². The average molecular weight is 256 g/mol. The zero-order valence-electron chi connectivity index (χ0n) is 9.51. The van der Waals surface area contributed by atoms with E-state index in [4.69, 9.17) is 11.6 Å². The SMILES string of the molecule is CC1CCN(C(=O)c2ccc(Cl)nn2)CC1O. The normalized spacial score (nSPS) is 24.8. The van der Waals surface area contributed by atoms with E-state index in [0.29, 0.717) is 13.1 Å². The smallest absolute Gasteiger partial charge is 0.274 e. The quantitative estimate of drug-likeness (QED) is 0.812. The summed E-state index contributed by atoms with van der Waals surface area (Å²) in [4.78, 5) is 13.6. The van der Waals surface area contributed by atoms with Crippen molar-refractivity contribution in [2.75, 3.05) is 13.1 Å². The number of amides is 1. The number of rotatable bonds is 1. The molecular weight excluding hydrogens is 242 g/mol. The monoisotopic (exact) mass is 255 g/mol. The molecule has 2 rings (SSSR count). The molecule has 1 aromatic rings. The number of aliphatic hydroxyl groups excluding tert-OH is 1. The molecule has 1 amide bonds. The Balaban J connectivity index is 2.08. The lowest BCUT2D eigenvalue weighted by Gasteiger charge is -2.33. The summed E-state index contributed by atoms with van der Waals surface area (Å²) in [7, 11) is 0. The molecule has 1 N–H and O–H groups in total. The molecule has 0 radical (unpaired) electrons. The zero-order valence-corrected chi connectivity index (χ0v) is 10.3. The van der Waals surface area contributed by atoms with E-state index in [-0.39, 0.29) is 22.7 Å². The van der Waals surface area contributed by atoms with Crippen LogP contribution >= 0.6 is 11.6 Å². The van der Waals surface area contributed by atoms with Crippen LogP contribution in [-0.4, -0.2) is 45.3 Å². The molecular formula is C11H14ClN3O2. The highest BCUT2D eigenvalue weighted by Gasteiger charge is 2.28. The second kappa shape index (κ2) is 4.98. The summed E-state index contributed by atoms with van der Waals surface area (Å²) < 4.78 is 0. The van der Waals surface area contributed by atoms with Gasteiger partial charge in [0.25, 0.3) is 5.91 Å². The van der Waals surface area contributed by atoms with Gasteiger partial charge < -0.3 is 10.0 Å². The fourth-order valence-electron chi connectivity index (χ4n) is 1.83. The number of carbonyl (C=O) groups is 1. The number of hydrogen-bond acceptors (Lipinski definition) is 4. The Bertz CT molecular complexity index is 410. The summed E-state index contributed by atoms with van der Waals surface area (Å²) in [6.45, 7) is 2.97. The number of carbonyl (C=O) groups excluding carboxylic acids is 1. The number of piperidine rings is 1. The van der Waals surface area contributed by atoms with Crippen molar-refractivity contribution >= 4 is 17.5 Å². The predicted octanol–water partition coefficient (Wildman–Crippen LogP) is 0.973. The topological polar surface area (TPSA) is 66.3 Å². The number of β-amino-alcohol motifs (C(OH)–C–C–N with tert-alkyl or cyclic N) is 1. The molecule has 0 bridgehead atoms. The van der Waals surface area contributed by atoms with Gasteiger partial charge in [0.2, 0.25) is 0 Å². The van der Waals surface area contributed by atoms with Crippen LogP contribution < -0.4 is 0 Å². The molecule has 1 aliphatic heterocycles. The number of nitrogens with zero attached hydrogens (tertiary/aromatic N) is 3. The minimum Gasteiger partial charge on any atom is -0.391 e. The zero-order chi connectivity index (χ0) is 12.4. The van der Waals surface area contributed by atoms with Gasteiger partial charge in [-0.1, -0.05) is 18.5 Å². The standard InChI is InChI=1S/C11H14ClN3O2/c1-7-4-5-15(6-9(7)16)11(17)8-2-3-10(12)14-13-8/h2-3,7,9,16H,4-6H2,1H3. The van der Waals surface area contributed by atoms with Crippen molar-refractivity contribution in [3.8, 4) is 0 Å². The molecule has 0 aromatic carbocycles. The molecule has 6 heteroatoms. The van der Waals surface area contributed by atoms with E-state index in [0.717, 1.165) is 6.42 Å². The molecule has 1 aromatic heterocycles. The number of hydrogen-bond donors (Lipinski definition) is 1. The highest BCUT2D eigenvalue weighted by Crippen LogP contribution is 2.18. The van der Waals surface area contributed by atoms with Crippen molar-refractivity contribution in [2.24, 2.45) is 5.92 Å². The van der Waals surface area contributed by atoms with Crippen molar-refractivity contribution in [3.63, 3.8) is 0 Å². The Kier molecular flexibility index (Phi) is 3.59. The van der Waals surface area contributed by atoms with Crippen LogP contribution in [0.4, 0.5) is 0 Å². The van der Waals surface area contributed by atoms with E-state index in [2.05, 4.69) is 10.2 Å². The lowest BCUT2D eigenvalue weighted by atomic mass is 9.96. The van der Waals surface area contributed by atoms with Crippen molar-refractivity contribution in [2.45, 2.75) is 19.4 Å². The molecule has 92 valence electrons. The number of likely N-dealkylation sites (tertiary alicyclic amines) is 1. The van der Waals surface area contributed by atoms with Gasteiger partial charge in [-0.3, -0.25) is 4.79 Å². The van der Waals surface area contributed by atoms with Gasteiger partial charge in [0.1, 0.15) is 0 Å². The summed E-state index contributed by atoms with van der Waals surface area (Å²) >= 11 is 5.61. The van der Waals surface area contributed by atoms with Gasteiger partial charge in [0.05, 0.1) is 6.10 Å². The Labute approximate surface area is 104 Å². The lowest BCUT2D eigenvalue weighted by Crippen LogP contribution is -2.46.